The van der Waals surface area contributed by atoms with E-state index < -0.39 is 0 Å². The molecule has 2 aliphatic heterocycles. The molecule has 138 valence electrons. The van der Waals surface area contributed by atoms with Crippen molar-refractivity contribution in [1.82, 2.24) is 10.2 Å². The highest BCUT2D eigenvalue weighted by atomic mass is 16.5. The number of nitrogens with zero attached hydrogens (tertiary/aromatic N) is 2. The van der Waals surface area contributed by atoms with E-state index in [2.05, 4.69) is 16.3 Å². The second-order valence-electron chi connectivity index (χ2n) is 7.07. The molecule has 2 heterocycles. The predicted molar refractivity (Wildman–Crippen MR) is 98.3 cm³/mol. The molecule has 2 aliphatic rings. The first kappa shape index (κ1) is 17.9. The largest absolute Gasteiger partial charge is 0.495 e. The Kier molecular flexibility index (Phi) is 6.02. The fraction of sp³-hybridized carbons (Fsp3) is 0.632. The van der Waals surface area contributed by atoms with Crippen molar-refractivity contribution in [3.63, 3.8) is 0 Å². The lowest BCUT2D eigenvalue weighted by atomic mass is 10.1. The van der Waals surface area contributed by atoms with Gasteiger partial charge in [-0.05, 0) is 30.9 Å². The number of para-hydroxylation sites is 2. The summed E-state index contributed by atoms with van der Waals surface area (Å²) in [5.41, 5.74) is 1.14. The molecule has 25 heavy (non-hydrogen) atoms. The molecule has 0 spiro atoms. The molecule has 6 heteroatoms. The molecule has 3 rings (SSSR count). The molecule has 1 aromatic carbocycles. The van der Waals surface area contributed by atoms with Crippen molar-refractivity contribution in [3.8, 4) is 5.75 Å². The van der Waals surface area contributed by atoms with Crippen LogP contribution in [0.4, 0.5) is 10.5 Å². The monoisotopic (exact) mass is 347 g/mol. The second-order valence-corrected chi connectivity index (χ2v) is 7.07. The van der Waals surface area contributed by atoms with Crippen molar-refractivity contribution in [3.05, 3.63) is 24.3 Å². The molecule has 2 amide bonds. The fourth-order valence-electron chi connectivity index (χ4n) is 3.67. The van der Waals surface area contributed by atoms with E-state index in [0.717, 1.165) is 63.7 Å². The topological polar surface area (TPSA) is 54.0 Å². The van der Waals surface area contributed by atoms with E-state index in [4.69, 9.17) is 9.47 Å². The van der Waals surface area contributed by atoms with Crippen molar-refractivity contribution in [1.29, 1.82) is 0 Å². The van der Waals surface area contributed by atoms with Crippen LogP contribution in [0.1, 0.15) is 12.8 Å². The van der Waals surface area contributed by atoms with Crippen LogP contribution in [0, 0.1) is 11.8 Å². The van der Waals surface area contributed by atoms with Crippen LogP contribution in [-0.2, 0) is 4.74 Å². The minimum absolute atomic E-state index is 0.0163. The highest BCUT2D eigenvalue weighted by Gasteiger charge is 2.26. The van der Waals surface area contributed by atoms with Crippen LogP contribution in [0.15, 0.2) is 24.3 Å². The van der Waals surface area contributed by atoms with Gasteiger partial charge in [0.15, 0.2) is 0 Å². The Balaban J connectivity index is 1.44. The summed E-state index contributed by atoms with van der Waals surface area (Å²) in [5.74, 6) is 1.85. The first-order chi connectivity index (χ1) is 12.2. The summed E-state index contributed by atoms with van der Waals surface area (Å²) < 4.78 is 10.8. The van der Waals surface area contributed by atoms with Gasteiger partial charge in [-0.2, -0.15) is 0 Å². The van der Waals surface area contributed by atoms with Gasteiger partial charge in [-0.3, -0.25) is 0 Å². The zero-order valence-electron chi connectivity index (χ0n) is 15.2. The first-order valence-corrected chi connectivity index (χ1v) is 9.12. The molecule has 2 saturated heterocycles. The molecule has 2 fully saturated rings. The van der Waals surface area contributed by atoms with E-state index in [1.165, 1.54) is 0 Å². The van der Waals surface area contributed by atoms with Crippen molar-refractivity contribution < 1.29 is 14.3 Å². The zero-order valence-corrected chi connectivity index (χ0v) is 15.2. The smallest absolute Gasteiger partial charge is 0.317 e. The second kappa shape index (κ2) is 8.43. The number of methoxy groups -OCH3 is 1. The van der Waals surface area contributed by atoms with Gasteiger partial charge in [0, 0.05) is 45.8 Å². The third-order valence-electron chi connectivity index (χ3n) is 5.16. The standard InChI is InChI=1S/C19H29N3O3/c1-21(12-16-8-10-25-14-16)19(23)20-11-15-7-9-22(13-15)17-5-3-4-6-18(17)24-2/h3-6,15-16H,7-14H2,1-2H3,(H,20,23). The summed E-state index contributed by atoms with van der Waals surface area (Å²) in [4.78, 5) is 16.4. The SMILES string of the molecule is COc1ccccc1N1CCC(CNC(=O)N(C)CC2CCOC2)C1. The van der Waals surface area contributed by atoms with Crippen LogP contribution in [0.3, 0.4) is 0 Å². The molecule has 1 aromatic rings. The minimum Gasteiger partial charge on any atom is -0.495 e. The lowest BCUT2D eigenvalue weighted by Crippen LogP contribution is -2.42. The van der Waals surface area contributed by atoms with Crippen LogP contribution < -0.4 is 15.0 Å². The summed E-state index contributed by atoms with van der Waals surface area (Å²) in [6, 6.07) is 8.13. The summed E-state index contributed by atoms with van der Waals surface area (Å²) in [7, 11) is 3.57. The van der Waals surface area contributed by atoms with Crippen LogP contribution in [0.25, 0.3) is 0 Å². The molecule has 6 nitrogen and oxygen atoms in total. The molecule has 0 saturated carbocycles. The molecule has 0 radical (unpaired) electrons. The summed E-state index contributed by atoms with van der Waals surface area (Å²) in [5, 5.41) is 3.09. The number of nitrogens with one attached hydrogen (secondary N) is 1. The summed E-state index contributed by atoms with van der Waals surface area (Å²) >= 11 is 0. The molecular weight excluding hydrogens is 318 g/mol. The Morgan fingerprint density at radius 3 is 2.96 bits per heavy atom. The Morgan fingerprint density at radius 1 is 1.36 bits per heavy atom. The van der Waals surface area contributed by atoms with Crippen LogP contribution in [0.2, 0.25) is 0 Å². The number of carbonyl (C=O) groups is 1. The van der Waals surface area contributed by atoms with E-state index in [9.17, 15) is 4.79 Å². The van der Waals surface area contributed by atoms with Crippen molar-refractivity contribution >= 4 is 11.7 Å². The lowest BCUT2D eigenvalue weighted by Gasteiger charge is -2.23. The molecule has 2 unspecified atom stereocenters. The number of hydrogen-bond acceptors (Lipinski definition) is 4. The van der Waals surface area contributed by atoms with Gasteiger partial charge in [0.05, 0.1) is 19.4 Å². The van der Waals surface area contributed by atoms with Gasteiger partial charge in [0.25, 0.3) is 0 Å². The maximum absolute atomic E-state index is 12.3. The Morgan fingerprint density at radius 2 is 2.20 bits per heavy atom. The van der Waals surface area contributed by atoms with Crippen LogP contribution >= 0.6 is 0 Å². The maximum Gasteiger partial charge on any atom is 0.317 e. The van der Waals surface area contributed by atoms with E-state index in [-0.39, 0.29) is 6.03 Å². The lowest BCUT2D eigenvalue weighted by molar-refractivity contribution is 0.171. The first-order valence-electron chi connectivity index (χ1n) is 9.12. The number of anilines is 1. The number of hydrogen-bond donors (Lipinski definition) is 1. The van der Waals surface area contributed by atoms with Gasteiger partial charge < -0.3 is 24.6 Å². The third kappa shape index (κ3) is 4.57. The number of amides is 2. The number of ether oxygens (including phenoxy) is 2. The van der Waals surface area contributed by atoms with Gasteiger partial charge in [-0.15, -0.1) is 0 Å². The van der Waals surface area contributed by atoms with E-state index in [1.54, 1.807) is 12.0 Å². The number of carbonyl (C=O) groups excluding carboxylic acids is 1. The van der Waals surface area contributed by atoms with Crippen molar-refractivity contribution in [2.45, 2.75) is 12.8 Å². The molecular formula is C19H29N3O3. The molecule has 0 bridgehead atoms. The summed E-state index contributed by atoms with van der Waals surface area (Å²) in [6.45, 7) is 5.02. The van der Waals surface area contributed by atoms with Crippen LogP contribution in [0.5, 0.6) is 5.75 Å². The molecule has 1 N–H and O–H groups in total. The van der Waals surface area contributed by atoms with Gasteiger partial charge in [-0.25, -0.2) is 4.79 Å². The normalized spacial score (nSPS) is 22.9. The number of rotatable bonds is 6. The van der Waals surface area contributed by atoms with Crippen LogP contribution in [-0.4, -0.2) is 64.5 Å². The third-order valence-corrected chi connectivity index (χ3v) is 5.16. The highest BCUT2D eigenvalue weighted by Crippen LogP contribution is 2.31. The molecule has 0 aliphatic carbocycles. The average molecular weight is 347 g/mol. The van der Waals surface area contributed by atoms with E-state index in [0.29, 0.717) is 11.8 Å². The van der Waals surface area contributed by atoms with E-state index >= 15 is 0 Å². The van der Waals surface area contributed by atoms with E-state index in [1.807, 2.05) is 25.2 Å². The Labute approximate surface area is 150 Å². The zero-order chi connectivity index (χ0) is 17.6. The Hall–Kier alpha value is -1.95. The number of urea groups is 1. The van der Waals surface area contributed by atoms with Gasteiger partial charge >= 0.3 is 6.03 Å². The minimum atomic E-state index is 0.0163. The number of benzene rings is 1. The molecule has 2 atom stereocenters. The summed E-state index contributed by atoms with van der Waals surface area (Å²) in [6.07, 6.45) is 2.13. The Bertz CT molecular complexity index is 575. The van der Waals surface area contributed by atoms with Gasteiger partial charge in [-0.1, -0.05) is 12.1 Å². The fourth-order valence-corrected chi connectivity index (χ4v) is 3.67. The maximum atomic E-state index is 12.3. The van der Waals surface area contributed by atoms with Gasteiger partial charge in [0.2, 0.25) is 0 Å². The molecule has 0 aromatic heterocycles. The van der Waals surface area contributed by atoms with Gasteiger partial charge in [0.1, 0.15) is 5.75 Å². The van der Waals surface area contributed by atoms with Crippen molar-refractivity contribution in [2.75, 3.05) is 58.5 Å². The highest BCUT2D eigenvalue weighted by molar-refractivity contribution is 5.73. The predicted octanol–water partition coefficient (Wildman–Crippen LogP) is 2.20. The average Bonchev–Trinajstić information content (AvgIpc) is 3.31. The van der Waals surface area contributed by atoms with Crippen molar-refractivity contribution in [2.24, 2.45) is 11.8 Å². The quantitative estimate of drug-likeness (QED) is 0.857.